The van der Waals surface area contributed by atoms with Gasteiger partial charge in [0.25, 0.3) is 0 Å². The standard InChI is InChI=1S/C11H11NO6/c1-4(13)5-2-7-8(9(5)14)6(10(15)16)3-12(7)11(17)18/h3,5,7-8H,2H2,1H3,(H,15,16)(H,17,18). The maximum Gasteiger partial charge on any atom is 0.411 e. The Balaban J connectivity index is 2.41. The lowest BCUT2D eigenvalue weighted by Crippen LogP contribution is -2.34. The van der Waals surface area contributed by atoms with Crippen molar-refractivity contribution in [3.05, 3.63) is 11.8 Å². The largest absolute Gasteiger partial charge is 0.478 e. The summed E-state index contributed by atoms with van der Waals surface area (Å²) in [6, 6.07) is -0.769. The highest BCUT2D eigenvalue weighted by Gasteiger charge is 2.54. The SMILES string of the molecule is CC(=O)C1CC2C(C1=O)C(C(=O)O)=CN2C(=O)O. The number of hydrogen-bond donors (Lipinski definition) is 2. The Morgan fingerprint density at radius 3 is 2.39 bits per heavy atom. The third-order valence-electron chi connectivity index (χ3n) is 3.44. The van der Waals surface area contributed by atoms with Crippen LogP contribution >= 0.6 is 0 Å². The highest BCUT2D eigenvalue weighted by atomic mass is 16.4. The zero-order chi connectivity index (χ0) is 13.6. The second kappa shape index (κ2) is 3.94. The summed E-state index contributed by atoms with van der Waals surface area (Å²) in [5, 5.41) is 17.9. The van der Waals surface area contributed by atoms with Crippen LogP contribution in [0.2, 0.25) is 0 Å². The van der Waals surface area contributed by atoms with Gasteiger partial charge in [-0.25, -0.2) is 9.59 Å². The number of Topliss-reactive ketones (excluding diaryl/α,β-unsaturated/α-hetero) is 2. The lowest BCUT2D eigenvalue weighted by Gasteiger charge is -2.18. The van der Waals surface area contributed by atoms with Gasteiger partial charge in [-0.3, -0.25) is 14.5 Å². The zero-order valence-electron chi connectivity index (χ0n) is 9.49. The zero-order valence-corrected chi connectivity index (χ0v) is 9.49. The van der Waals surface area contributed by atoms with Crippen LogP contribution in [-0.4, -0.2) is 44.8 Å². The number of fused-ring (bicyclic) bond motifs is 1. The highest BCUT2D eigenvalue weighted by molar-refractivity contribution is 6.09. The summed E-state index contributed by atoms with van der Waals surface area (Å²) in [5.41, 5.74) is -0.254. The summed E-state index contributed by atoms with van der Waals surface area (Å²) in [5.74, 6) is -4.10. The summed E-state index contributed by atoms with van der Waals surface area (Å²) >= 11 is 0. The lowest BCUT2D eigenvalue weighted by molar-refractivity contribution is -0.136. The number of carboxylic acids is 1. The molecular formula is C11H11NO6. The van der Waals surface area contributed by atoms with Crippen LogP contribution in [0.1, 0.15) is 13.3 Å². The molecular weight excluding hydrogens is 242 g/mol. The van der Waals surface area contributed by atoms with E-state index in [-0.39, 0.29) is 17.8 Å². The Morgan fingerprint density at radius 1 is 1.33 bits per heavy atom. The van der Waals surface area contributed by atoms with Gasteiger partial charge in [0.15, 0.2) is 5.78 Å². The van der Waals surface area contributed by atoms with Crippen molar-refractivity contribution in [3.63, 3.8) is 0 Å². The smallest absolute Gasteiger partial charge is 0.411 e. The molecule has 18 heavy (non-hydrogen) atoms. The second-order valence-corrected chi connectivity index (χ2v) is 4.43. The van der Waals surface area contributed by atoms with E-state index in [0.717, 1.165) is 11.1 Å². The molecule has 2 aliphatic rings. The van der Waals surface area contributed by atoms with E-state index >= 15 is 0 Å². The Labute approximate surface area is 102 Å². The average Bonchev–Trinajstić information content (AvgIpc) is 2.76. The molecule has 0 radical (unpaired) electrons. The number of rotatable bonds is 2. The van der Waals surface area contributed by atoms with Gasteiger partial charge in [-0.1, -0.05) is 0 Å². The first kappa shape index (κ1) is 12.3. The first-order valence-electron chi connectivity index (χ1n) is 5.35. The Hall–Kier alpha value is -2.18. The van der Waals surface area contributed by atoms with Crippen molar-refractivity contribution in [3.8, 4) is 0 Å². The molecule has 2 rings (SSSR count). The molecule has 7 heteroatoms. The van der Waals surface area contributed by atoms with Crippen LogP contribution in [0.5, 0.6) is 0 Å². The Bertz CT molecular complexity index is 494. The normalized spacial score (nSPS) is 30.1. The van der Waals surface area contributed by atoms with Crippen LogP contribution in [0.4, 0.5) is 4.79 Å². The van der Waals surface area contributed by atoms with Crippen molar-refractivity contribution in [2.24, 2.45) is 11.8 Å². The van der Waals surface area contributed by atoms with Gasteiger partial charge in [0, 0.05) is 6.20 Å². The predicted octanol–water partition coefficient (Wildman–Crippen LogP) is 0.111. The van der Waals surface area contributed by atoms with Crippen LogP contribution in [0, 0.1) is 11.8 Å². The molecule has 2 N–H and O–H groups in total. The van der Waals surface area contributed by atoms with Crippen LogP contribution in [0.25, 0.3) is 0 Å². The molecule has 0 saturated heterocycles. The van der Waals surface area contributed by atoms with E-state index in [4.69, 9.17) is 10.2 Å². The molecule has 1 saturated carbocycles. The fraction of sp³-hybridized carbons (Fsp3) is 0.455. The highest BCUT2D eigenvalue weighted by Crippen LogP contribution is 2.41. The van der Waals surface area contributed by atoms with Gasteiger partial charge in [-0.15, -0.1) is 0 Å². The van der Waals surface area contributed by atoms with Crippen LogP contribution in [-0.2, 0) is 14.4 Å². The third kappa shape index (κ3) is 1.59. The van der Waals surface area contributed by atoms with E-state index < -0.39 is 35.7 Å². The number of nitrogens with zero attached hydrogens (tertiary/aromatic N) is 1. The van der Waals surface area contributed by atoms with Crippen molar-refractivity contribution in [1.82, 2.24) is 4.90 Å². The molecule has 3 unspecified atom stereocenters. The fourth-order valence-electron chi connectivity index (χ4n) is 2.61. The van der Waals surface area contributed by atoms with Crippen molar-refractivity contribution in [2.45, 2.75) is 19.4 Å². The van der Waals surface area contributed by atoms with Gasteiger partial charge in [0.1, 0.15) is 5.78 Å². The maximum absolute atomic E-state index is 12.0. The summed E-state index contributed by atoms with van der Waals surface area (Å²) in [4.78, 5) is 46.1. The first-order chi connectivity index (χ1) is 8.34. The quantitative estimate of drug-likeness (QED) is 0.675. The monoisotopic (exact) mass is 253 g/mol. The second-order valence-electron chi connectivity index (χ2n) is 4.43. The van der Waals surface area contributed by atoms with Crippen molar-refractivity contribution >= 4 is 23.6 Å². The van der Waals surface area contributed by atoms with Crippen molar-refractivity contribution in [2.75, 3.05) is 0 Å². The van der Waals surface area contributed by atoms with E-state index in [1.165, 1.54) is 6.92 Å². The molecule has 7 nitrogen and oxygen atoms in total. The fourth-order valence-corrected chi connectivity index (χ4v) is 2.61. The molecule has 1 amide bonds. The average molecular weight is 253 g/mol. The topological polar surface area (TPSA) is 112 Å². The number of carboxylic acid groups (broad SMARTS) is 2. The Morgan fingerprint density at radius 2 is 1.94 bits per heavy atom. The number of aliphatic carboxylic acids is 1. The van der Waals surface area contributed by atoms with Crippen LogP contribution < -0.4 is 0 Å². The number of amides is 1. The van der Waals surface area contributed by atoms with Gasteiger partial charge in [0.05, 0.1) is 23.5 Å². The molecule has 1 heterocycles. The molecule has 96 valence electrons. The Kier molecular flexibility index (Phi) is 2.68. The number of carbonyl (C=O) groups excluding carboxylic acids is 2. The molecule has 0 aromatic heterocycles. The molecule has 1 aliphatic heterocycles. The van der Waals surface area contributed by atoms with Gasteiger partial charge in [-0.05, 0) is 13.3 Å². The van der Waals surface area contributed by atoms with Crippen LogP contribution in [0.3, 0.4) is 0 Å². The van der Waals surface area contributed by atoms with Gasteiger partial charge < -0.3 is 10.2 Å². The molecule has 0 aromatic rings. The summed E-state index contributed by atoms with van der Waals surface area (Å²) in [6.45, 7) is 1.25. The number of hydrogen-bond acceptors (Lipinski definition) is 4. The molecule has 1 aliphatic carbocycles. The van der Waals surface area contributed by atoms with Gasteiger partial charge >= 0.3 is 12.1 Å². The number of carbonyl (C=O) groups is 4. The molecule has 0 bridgehead atoms. The first-order valence-corrected chi connectivity index (χ1v) is 5.35. The molecule has 0 spiro atoms. The van der Waals surface area contributed by atoms with Crippen molar-refractivity contribution in [1.29, 1.82) is 0 Å². The van der Waals surface area contributed by atoms with E-state index in [1.54, 1.807) is 0 Å². The number of ketones is 2. The minimum absolute atomic E-state index is 0.0540. The summed E-state index contributed by atoms with van der Waals surface area (Å²) in [7, 11) is 0. The molecule has 1 fully saturated rings. The van der Waals surface area contributed by atoms with E-state index in [9.17, 15) is 19.2 Å². The molecule has 3 atom stereocenters. The third-order valence-corrected chi connectivity index (χ3v) is 3.44. The van der Waals surface area contributed by atoms with E-state index in [0.29, 0.717) is 0 Å². The minimum atomic E-state index is -1.33. The van der Waals surface area contributed by atoms with Gasteiger partial charge in [0.2, 0.25) is 0 Å². The summed E-state index contributed by atoms with van der Waals surface area (Å²) < 4.78 is 0. The van der Waals surface area contributed by atoms with Crippen molar-refractivity contribution < 1.29 is 29.4 Å². The van der Waals surface area contributed by atoms with Crippen LogP contribution in [0.15, 0.2) is 11.8 Å². The summed E-state index contributed by atoms with van der Waals surface area (Å²) in [6.07, 6.45) is -0.301. The van der Waals surface area contributed by atoms with Gasteiger partial charge in [-0.2, -0.15) is 0 Å². The predicted molar refractivity (Wildman–Crippen MR) is 56.7 cm³/mol. The lowest BCUT2D eigenvalue weighted by atomic mass is 9.94. The van der Waals surface area contributed by atoms with E-state index in [2.05, 4.69) is 0 Å². The maximum atomic E-state index is 12.0. The minimum Gasteiger partial charge on any atom is -0.478 e. The molecule has 0 aromatic carbocycles. The van der Waals surface area contributed by atoms with E-state index in [1.807, 2.05) is 0 Å².